The van der Waals surface area contributed by atoms with Crippen molar-refractivity contribution in [2.24, 2.45) is 0 Å². The lowest BCUT2D eigenvalue weighted by molar-refractivity contribution is 0.0343. The van der Waals surface area contributed by atoms with Gasteiger partial charge in [-0.2, -0.15) is 0 Å². The number of carbonyl (C=O) groups is 1. The molecule has 0 saturated heterocycles. The number of hydrogen-bond donors (Lipinski definition) is 0. The molecule has 0 saturated carbocycles. The van der Waals surface area contributed by atoms with E-state index in [1.807, 2.05) is 25.1 Å². The van der Waals surface area contributed by atoms with Crippen LogP contribution in [0.25, 0.3) is 0 Å². The van der Waals surface area contributed by atoms with E-state index in [-0.39, 0.29) is 18.9 Å². The third-order valence-electron chi connectivity index (χ3n) is 3.59. The van der Waals surface area contributed by atoms with Crippen molar-refractivity contribution in [3.8, 4) is 17.2 Å². The first-order valence-electron chi connectivity index (χ1n) is 7.39. The molecule has 1 unspecified atom stereocenters. The second-order valence-corrected chi connectivity index (χ2v) is 5.34. The molecule has 1 aliphatic rings. The van der Waals surface area contributed by atoms with Gasteiger partial charge in [-0.15, -0.1) is 0 Å². The first-order valence-corrected chi connectivity index (χ1v) is 7.39. The number of benzene rings is 2. The number of ether oxygens (including phenoxy) is 4. The number of methoxy groups -OCH3 is 1. The molecule has 120 valence electrons. The number of carbonyl (C=O) groups excluding carboxylic acids is 1. The van der Waals surface area contributed by atoms with E-state index in [0.29, 0.717) is 17.7 Å². The Morgan fingerprint density at radius 3 is 2.61 bits per heavy atom. The summed E-state index contributed by atoms with van der Waals surface area (Å²) < 4.78 is 21.2. The maximum absolute atomic E-state index is 12.1. The van der Waals surface area contributed by atoms with Crippen LogP contribution in [-0.4, -0.2) is 26.0 Å². The Kier molecular flexibility index (Phi) is 4.37. The molecule has 1 atom stereocenters. The molecule has 1 heterocycles. The van der Waals surface area contributed by atoms with Crippen LogP contribution >= 0.6 is 0 Å². The minimum atomic E-state index is -0.346. The fourth-order valence-electron chi connectivity index (χ4n) is 2.42. The van der Waals surface area contributed by atoms with E-state index in [4.69, 9.17) is 18.9 Å². The first kappa shape index (κ1) is 15.2. The fraction of sp³-hybridized carbons (Fsp3) is 0.278. The van der Waals surface area contributed by atoms with Crippen molar-refractivity contribution in [1.29, 1.82) is 0 Å². The Hall–Kier alpha value is -2.69. The molecule has 0 radical (unpaired) electrons. The van der Waals surface area contributed by atoms with Gasteiger partial charge in [0.2, 0.25) is 6.79 Å². The zero-order valence-corrected chi connectivity index (χ0v) is 13.1. The highest BCUT2D eigenvalue weighted by atomic mass is 16.7. The summed E-state index contributed by atoms with van der Waals surface area (Å²) in [6, 6.07) is 12.6. The predicted octanol–water partition coefficient (Wildman–Crippen LogP) is 3.21. The van der Waals surface area contributed by atoms with Crippen molar-refractivity contribution in [2.45, 2.75) is 19.4 Å². The maximum Gasteiger partial charge on any atom is 0.338 e. The molecule has 5 nitrogen and oxygen atoms in total. The van der Waals surface area contributed by atoms with E-state index >= 15 is 0 Å². The number of hydrogen-bond acceptors (Lipinski definition) is 5. The normalized spacial score (nSPS) is 13.5. The van der Waals surface area contributed by atoms with Crippen LogP contribution in [0.15, 0.2) is 42.5 Å². The largest absolute Gasteiger partial charge is 0.497 e. The van der Waals surface area contributed by atoms with Crippen molar-refractivity contribution in [1.82, 2.24) is 0 Å². The molecule has 23 heavy (non-hydrogen) atoms. The van der Waals surface area contributed by atoms with Gasteiger partial charge in [0, 0.05) is 6.42 Å². The Bertz CT molecular complexity index is 693. The van der Waals surface area contributed by atoms with Gasteiger partial charge in [-0.1, -0.05) is 6.07 Å². The monoisotopic (exact) mass is 314 g/mol. The van der Waals surface area contributed by atoms with Gasteiger partial charge in [0.1, 0.15) is 11.9 Å². The summed E-state index contributed by atoms with van der Waals surface area (Å²) in [7, 11) is 1.58. The molecule has 3 rings (SSSR count). The highest BCUT2D eigenvalue weighted by molar-refractivity contribution is 5.89. The number of esters is 1. The molecule has 1 aliphatic heterocycles. The van der Waals surface area contributed by atoms with Crippen molar-refractivity contribution in [3.05, 3.63) is 53.6 Å². The van der Waals surface area contributed by atoms with Gasteiger partial charge in [0.05, 0.1) is 12.7 Å². The summed E-state index contributed by atoms with van der Waals surface area (Å²) in [5.74, 6) is 1.84. The molecule has 0 amide bonds. The average Bonchev–Trinajstić information content (AvgIpc) is 3.02. The molecule has 5 heteroatoms. The lowest BCUT2D eigenvalue weighted by Crippen LogP contribution is -2.17. The van der Waals surface area contributed by atoms with Gasteiger partial charge in [-0.05, 0) is 48.9 Å². The van der Waals surface area contributed by atoms with Crippen LogP contribution < -0.4 is 14.2 Å². The minimum Gasteiger partial charge on any atom is -0.497 e. The Morgan fingerprint density at radius 1 is 1.13 bits per heavy atom. The van der Waals surface area contributed by atoms with E-state index in [2.05, 4.69) is 0 Å². The fourth-order valence-corrected chi connectivity index (χ4v) is 2.42. The van der Waals surface area contributed by atoms with E-state index in [1.165, 1.54) is 0 Å². The quantitative estimate of drug-likeness (QED) is 0.793. The van der Waals surface area contributed by atoms with Gasteiger partial charge < -0.3 is 18.9 Å². The number of fused-ring (bicyclic) bond motifs is 1. The second-order valence-electron chi connectivity index (χ2n) is 5.34. The van der Waals surface area contributed by atoms with Gasteiger partial charge in [0.15, 0.2) is 11.5 Å². The zero-order chi connectivity index (χ0) is 16.2. The van der Waals surface area contributed by atoms with Gasteiger partial charge in [-0.25, -0.2) is 4.79 Å². The zero-order valence-electron chi connectivity index (χ0n) is 13.1. The Morgan fingerprint density at radius 2 is 1.87 bits per heavy atom. The SMILES string of the molecule is COc1ccc(C(=O)OC(C)Cc2ccc3c(c2)OCO3)cc1. The highest BCUT2D eigenvalue weighted by Gasteiger charge is 2.16. The lowest BCUT2D eigenvalue weighted by atomic mass is 10.1. The Balaban J connectivity index is 1.59. The molecule has 2 aromatic rings. The summed E-state index contributed by atoms with van der Waals surface area (Å²) in [5.41, 5.74) is 1.53. The summed E-state index contributed by atoms with van der Waals surface area (Å²) >= 11 is 0. The van der Waals surface area contributed by atoms with E-state index in [9.17, 15) is 4.79 Å². The smallest absolute Gasteiger partial charge is 0.338 e. The van der Waals surface area contributed by atoms with Crippen molar-refractivity contribution in [2.75, 3.05) is 13.9 Å². The Labute approximate surface area is 134 Å². The van der Waals surface area contributed by atoms with Crippen LogP contribution in [0.5, 0.6) is 17.2 Å². The van der Waals surface area contributed by atoms with E-state index in [1.54, 1.807) is 31.4 Å². The molecule has 0 aliphatic carbocycles. The summed E-state index contributed by atoms with van der Waals surface area (Å²) in [6.45, 7) is 2.12. The summed E-state index contributed by atoms with van der Waals surface area (Å²) in [5, 5.41) is 0. The molecular formula is C18H18O5. The second kappa shape index (κ2) is 6.60. The van der Waals surface area contributed by atoms with Gasteiger partial charge >= 0.3 is 5.97 Å². The van der Waals surface area contributed by atoms with Crippen LogP contribution in [0.1, 0.15) is 22.8 Å². The van der Waals surface area contributed by atoms with Crippen LogP contribution in [0.4, 0.5) is 0 Å². The van der Waals surface area contributed by atoms with Crippen molar-refractivity contribution < 1.29 is 23.7 Å². The lowest BCUT2D eigenvalue weighted by Gasteiger charge is -2.14. The molecular weight excluding hydrogens is 296 g/mol. The van der Waals surface area contributed by atoms with Crippen LogP contribution in [-0.2, 0) is 11.2 Å². The molecule has 0 N–H and O–H groups in total. The molecule has 0 fully saturated rings. The van der Waals surface area contributed by atoms with Crippen LogP contribution in [0.3, 0.4) is 0 Å². The van der Waals surface area contributed by atoms with Crippen molar-refractivity contribution >= 4 is 5.97 Å². The topological polar surface area (TPSA) is 54.0 Å². The molecule has 0 bridgehead atoms. The molecule has 2 aromatic carbocycles. The third kappa shape index (κ3) is 3.56. The van der Waals surface area contributed by atoms with Crippen LogP contribution in [0.2, 0.25) is 0 Å². The summed E-state index contributed by atoms with van der Waals surface area (Å²) in [4.78, 5) is 12.1. The predicted molar refractivity (Wildman–Crippen MR) is 84.1 cm³/mol. The average molecular weight is 314 g/mol. The highest BCUT2D eigenvalue weighted by Crippen LogP contribution is 2.32. The van der Waals surface area contributed by atoms with E-state index in [0.717, 1.165) is 17.1 Å². The molecule has 0 aromatic heterocycles. The third-order valence-corrected chi connectivity index (χ3v) is 3.59. The van der Waals surface area contributed by atoms with E-state index < -0.39 is 0 Å². The standard InChI is InChI=1S/C18H18O5/c1-12(9-13-3-8-16-17(10-13)22-11-21-16)23-18(19)14-4-6-15(20-2)7-5-14/h3-8,10,12H,9,11H2,1-2H3. The number of rotatable bonds is 5. The van der Waals surface area contributed by atoms with Gasteiger partial charge in [0.25, 0.3) is 0 Å². The molecule has 0 spiro atoms. The first-order chi connectivity index (χ1) is 11.2. The maximum atomic E-state index is 12.1. The van der Waals surface area contributed by atoms with Crippen molar-refractivity contribution in [3.63, 3.8) is 0 Å². The van der Waals surface area contributed by atoms with Gasteiger partial charge in [-0.3, -0.25) is 0 Å². The summed E-state index contributed by atoms with van der Waals surface area (Å²) in [6.07, 6.45) is 0.364. The van der Waals surface area contributed by atoms with Crippen LogP contribution in [0, 0.1) is 0 Å². The minimum absolute atomic E-state index is 0.245.